The maximum atomic E-state index is 2.66. The van der Waals surface area contributed by atoms with Gasteiger partial charge in [0.25, 0.3) is 0 Å². The number of rotatable bonds is 5. The van der Waals surface area contributed by atoms with E-state index < -0.39 is 0 Å². The quantitative estimate of drug-likeness (QED) is 0.333. The Bertz CT molecular complexity index is 1200. The fourth-order valence-electron chi connectivity index (χ4n) is 10.0. The average Bonchev–Trinajstić information content (AvgIpc) is 2.96. The first-order valence-corrected chi connectivity index (χ1v) is 17.1. The summed E-state index contributed by atoms with van der Waals surface area (Å²) in [4.78, 5) is 0. The molecular formula is C40H56. The first-order chi connectivity index (χ1) is 19.2. The molecule has 5 atom stereocenters. The van der Waals surface area contributed by atoms with Crippen molar-refractivity contribution in [2.75, 3.05) is 0 Å². The van der Waals surface area contributed by atoms with Gasteiger partial charge in [-0.15, -0.1) is 0 Å². The third kappa shape index (κ3) is 5.16. The number of fused-ring (bicyclic) bond motifs is 2. The number of benzene rings is 2. The van der Waals surface area contributed by atoms with Crippen molar-refractivity contribution < 1.29 is 0 Å². The molecule has 0 saturated heterocycles. The molecule has 0 aliphatic heterocycles. The van der Waals surface area contributed by atoms with Crippen LogP contribution in [0.5, 0.6) is 0 Å². The number of hydrogen-bond acceptors (Lipinski definition) is 0. The van der Waals surface area contributed by atoms with Crippen molar-refractivity contribution in [3.63, 3.8) is 0 Å². The second kappa shape index (κ2) is 10.8. The van der Waals surface area contributed by atoms with Crippen molar-refractivity contribution in [2.24, 2.45) is 34.0 Å². The topological polar surface area (TPSA) is 0 Å². The Morgan fingerprint density at radius 1 is 0.750 bits per heavy atom. The zero-order valence-corrected chi connectivity index (χ0v) is 26.6. The van der Waals surface area contributed by atoms with Crippen LogP contribution in [0.3, 0.4) is 0 Å². The third-order valence-electron chi connectivity index (χ3n) is 12.9. The van der Waals surface area contributed by atoms with Gasteiger partial charge in [0, 0.05) is 5.92 Å². The van der Waals surface area contributed by atoms with E-state index in [4.69, 9.17) is 0 Å². The second-order valence-corrected chi connectivity index (χ2v) is 15.9. The number of hydrogen-bond donors (Lipinski definition) is 0. The monoisotopic (exact) mass is 536 g/mol. The molecule has 0 aromatic heterocycles. The second-order valence-electron chi connectivity index (χ2n) is 15.9. The molecule has 0 radical (unpaired) electrons. The van der Waals surface area contributed by atoms with Gasteiger partial charge in [0.05, 0.1) is 0 Å². The van der Waals surface area contributed by atoms with E-state index in [-0.39, 0.29) is 0 Å². The minimum atomic E-state index is 0.447. The highest BCUT2D eigenvalue weighted by Gasteiger charge is 2.52. The Balaban J connectivity index is 1.36. The fraction of sp³-hybridized carbons (Fsp3) is 0.650. The lowest BCUT2D eigenvalue weighted by molar-refractivity contribution is 0.0292. The standard InChI is InChI=1S/C40H56/c1-7-9-36-34-19-18-32-26-40(24-22-38(4,5)23-25-40)21-20-33(32)37(34)35(27-39(36,6)8-2)31-16-14-30(15-17-31)29-12-10-28(3)11-13-29/h10-17,32,34-36H,7-9,18-27H2,1-6H3. The van der Waals surface area contributed by atoms with Gasteiger partial charge in [0.1, 0.15) is 0 Å². The van der Waals surface area contributed by atoms with Crippen LogP contribution in [-0.4, -0.2) is 0 Å². The van der Waals surface area contributed by atoms with Crippen molar-refractivity contribution in [3.05, 3.63) is 70.8 Å². The van der Waals surface area contributed by atoms with E-state index in [1.807, 2.05) is 11.1 Å². The molecule has 2 aromatic rings. The predicted molar refractivity (Wildman–Crippen MR) is 173 cm³/mol. The molecular weight excluding hydrogens is 480 g/mol. The molecule has 0 nitrogen and oxygen atoms in total. The van der Waals surface area contributed by atoms with E-state index in [0.717, 1.165) is 17.8 Å². The van der Waals surface area contributed by atoms with Crippen LogP contribution < -0.4 is 0 Å². The van der Waals surface area contributed by atoms with Crippen LogP contribution in [0.15, 0.2) is 59.7 Å². The molecule has 2 aromatic carbocycles. The first-order valence-electron chi connectivity index (χ1n) is 17.1. The number of aryl methyl sites for hydroxylation is 1. The zero-order valence-electron chi connectivity index (χ0n) is 26.6. The van der Waals surface area contributed by atoms with E-state index >= 15 is 0 Å². The smallest absolute Gasteiger partial charge is 0.00591 e. The first kappa shape index (κ1) is 28.3. The van der Waals surface area contributed by atoms with Crippen LogP contribution >= 0.6 is 0 Å². The maximum Gasteiger partial charge on any atom is 0.00591 e. The summed E-state index contributed by atoms with van der Waals surface area (Å²) in [5, 5.41) is 0. The third-order valence-corrected chi connectivity index (χ3v) is 12.9. The molecule has 5 unspecified atom stereocenters. The highest BCUT2D eigenvalue weighted by Crippen LogP contribution is 2.64. The minimum Gasteiger partial charge on any atom is -0.0670 e. The molecule has 0 amide bonds. The summed E-state index contributed by atoms with van der Waals surface area (Å²) in [6, 6.07) is 18.9. The van der Waals surface area contributed by atoms with E-state index in [2.05, 4.69) is 90.1 Å². The van der Waals surface area contributed by atoms with Crippen LogP contribution in [0.1, 0.15) is 135 Å². The normalized spacial score (nSPS) is 33.0. The zero-order chi connectivity index (χ0) is 28.1. The molecule has 0 bridgehead atoms. The minimum absolute atomic E-state index is 0.447. The maximum absolute atomic E-state index is 2.66. The molecule has 40 heavy (non-hydrogen) atoms. The van der Waals surface area contributed by atoms with Crippen LogP contribution in [0.4, 0.5) is 0 Å². The Hall–Kier alpha value is -1.82. The molecule has 0 heteroatoms. The van der Waals surface area contributed by atoms with Crippen LogP contribution in [0, 0.1) is 40.9 Å². The van der Waals surface area contributed by atoms with Crippen LogP contribution in [0.2, 0.25) is 0 Å². The summed E-state index contributed by atoms with van der Waals surface area (Å²) < 4.78 is 0. The molecule has 216 valence electrons. The van der Waals surface area contributed by atoms with Crippen LogP contribution in [0.25, 0.3) is 11.1 Å². The van der Waals surface area contributed by atoms with Crippen molar-refractivity contribution in [2.45, 2.75) is 131 Å². The summed E-state index contributed by atoms with van der Waals surface area (Å²) in [5.41, 5.74) is 11.2. The predicted octanol–water partition coefficient (Wildman–Crippen LogP) is 12.1. The van der Waals surface area contributed by atoms with E-state index in [9.17, 15) is 0 Å². The van der Waals surface area contributed by atoms with Gasteiger partial charge in [-0.2, -0.15) is 0 Å². The van der Waals surface area contributed by atoms with E-state index in [1.165, 1.54) is 100 Å². The molecule has 0 heterocycles. The molecule has 4 aliphatic carbocycles. The molecule has 6 rings (SSSR count). The molecule has 1 spiro atoms. The van der Waals surface area contributed by atoms with E-state index in [0.29, 0.717) is 22.2 Å². The van der Waals surface area contributed by atoms with E-state index in [1.54, 1.807) is 5.56 Å². The average molecular weight is 537 g/mol. The summed E-state index contributed by atoms with van der Waals surface area (Å²) in [7, 11) is 0. The highest BCUT2D eigenvalue weighted by atomic mass is 14.6. The molecule has 0 N–H and O–H groups in total. The van der Waals surface area contributed by atoms with Crippen molar-refractivity contribution >= 4 is 0 Å². The van der Waals surface area contributed by atoms with Gasteiger partial charge >= 0.3 is 0 Å². The lowest BCUT2D eigenvalue weighted by atomic mass is 9.48. The molecule has 3 saturated carbocycles. The summed E-state index contributed by atoms with van der Waals surface area (Å²) in [5.74, 6) is 3.16. The van der Waals surface area contributed by atoms with Gasteiger partial charge in [-0.25, -0.2) is 0 Å². The van der Waals surface area contributed by atoms with Gasteiger partial charge in [0.2, 0.25) is 0 Å². The molecule has 3 fully saturated rings. The van der Waals surface area contributed by atoms with Gasteiger partial charge in [-0.3, -0.25) is 0 Å². The van der Waals surface area contributed by atoms with Gasteiger partial charge in [-0.05, 0) is 128 Å². The molecule has 4 aliphatic rings. The van der Waals surface area contributed by atoms with Crippen molar-refractivity contribution in [3.8, 4) is 11.1 Å². The van der Waals surface area contributed by atoms with Gasteiger partial charge in [0.15, 0.2) is 0 Å². The highest BCUT2D eigenvalue weighted by molar-refractivity contribution is 5.64. The lowest BCUT2D eigenvalue weighted by Gasteiger charge is -2.57. The Morgan fingerprint density at radius 3 is 2.02 bits per heavy atom. The van der Waals surface area contributed by atoms with Gasteiger partial charge in [-0.1, -0.05) is 113 Å². The van der Waals surface area contributed by atoms with Crippen molar-refractivity contribution in [1.29, 1.82) is 0 Å². The Kier molecular flexibility index (Phi) is 7.63. The van der Waals surface area contributed by atoms with Gasteiger partial charge < -0.3 is 0 Å². The SMILES string of the molecule is CCCC1C2CCC3CC4(CCC3=C2C(c2ccc(-c3ccc(C)cc3)cc2)CC1(C)CC)CCC(C)(C)CC4. The summed E-state index contributed by atoms with van der Waals surface area (Å²) >= 11 is 0. The lowest BCUT2D eigenvalue weighted by Crippen LogP contribution is -2.45. The number of allylic oxidation sites excluding steroid dienone is 2. The van der Waals surface area contributed by atoms with Crippen LogP contribution in [-0.2, 0) is 0 Å². The Morgan fingerprint density at radius 2 is 1.40 bits per heavy atom. The Labute approximate surface area is 246 Å². The summed E-state index contributed by atoms with van der Waals surface area (Å²) in [6.45, 7) is 14.8. The van der Waals surface area contributed by atoms with Crippen molar-refractivity contribution in [1.82, 2.24) is 0 Å². The summed E-state index contributed by atoms with van der Waals surface area (Å²) in [6.07, 6.45) is 18.5. The fourth-order valence-corrected chi connectivity index (χ4v) is 10.0. The largest absolute Gasteiger partial charge is 0.0670 e.